The lowest BCUT2D eigenvalue weighted by Crippen LogP contribution is -2.47. The Hall–Kier alpha value is -3.36. The number of hydrogen-bond acceptors (Lipinski definition) is 7. The van der Waals surface area contributed by atoms with Crippen molar-refractivity contribution in [2.24, 2.45) is 5.92 Å². The fourth-order valence-electron chi connectivity index (χ4n) is 3.81. The number of amides is 2. The predicted molar refractivity (Wildman–Crippen MR) is 120 cm³/mol. The maximum atomic E-state index is 12.8. The van der Waals surface area contributed by atoms with Gasteiger partial charge in [0.2, 0.25) is 5.91 Å². The number of aryl methyl sites for hydroxylation is 2. The van der Waals surface area contributed by atoms with Gasteiger partial charge in [-0.05, 0) is 57.9 Å². The Morgan fingerprint density at radius 1 is 1.21 bits per heavy atom. The molecule has 0 N–H and O–H groups in total. The summed E-state index contributed by atoms with van der Waals surface area (Å²) in [5, 5.41) is 3.90. The smallest absolute Gasteiger partial charge is 0.310 e. The highest BCUT2D eigenvalue weighted by atomic mass is 16.5. The SMILES string of the molecule is CCOC(=O)C1CCCN(C(=O)CN(C)C(=O)c2ccc(OCc3c(C)noc3C)cc2)C1. The molecule has 0 radical (unpaired) electrons. The molecule has 1 aliphatic heterocycles. The molecule has 2 amide bonds. The number of likely N-dealkylation sites (N-methyl/N-ethyl adjacent to an activating group) is 1. The molecule has 178 valence electrons. The Bertz CT molecular complexity index is 965. The molecule has 0 saturated carbocycles. The fraction of sp³-hybridized carbons (Fsp3) is 0.500. The van der Waals surface area contributed by atoms with Gasteiger partial charge in [0.1, 0.15) is 18.1 Å². The van der Waals surface area contributed by atoms with Crippen LogP contribution in [-0.2, 0) is 20.9 Å². The summed E-state index contributed by atoms with van der Waals surface area (Å²) < 4.78 is 16.0. The third-order valence-corrected chi connectivity index (χ3v) is 5.78. The largest absolute Gasteiger partial charge is 0.489 e. The van der Waals surface area contributed by atoms with Crippen molar-refractivity contribution < 1.29 is 28.4 Å². The van der Waals surface area contributed by atoms with Gasteiger partial charge in [0.15, 0.2) is 0 Å². The molecule has 9 nitrogen and oxygen atoms in total. The second kappa shape index (κ2) is 11.0. The molecule has 2 heterocycles. The van der Waals surface area contributed by atoms with E-state index < -0.39 is 0 Å². The molecule has 0 aliphatic carbocycles. The quantitative estimate of drug-likeness (QED) is 0.562. The summed E-state index contributed by atoms with van der Waals surface area (Å²) in [5.74, 6) is 0.313. The van der Waals surface area contributed by atoms with E-state index in [0.717, 1.165) is 17.7 Å². The lowest BCUT2D eigenvalue weighted by atomic mass is 9.98. The number of likely N-dealkylation sites (tertiary alicyclic amines) is 1. The van der Waals surface area contributed by atoms with Crippen molar-refractivity contribution in [3.05, 3.63) is 46.8 Å². The number of ether oxygens (including phenoxy) is 2. The Labute approximate surface area is 193 Å². The molecule has 1 fully saturated rings. The van der Waals surface area contributed by atoms with Crippen molar-refractivity contribution in [1.82, 2.24) is 15.0 Å². The minimum Gasteiger partial charge on any atom is -0.489 e. The molecule has 1 aromatic heterocycles. The highest BCUT2D eigenvalue weighted by Gasteiger charge is 2.30. The first kappa shape index (κ1) is 24.3. The minimum atomic E-state index is -0.304. The third kappa shape index (κ3) is 6.12. The third-order valence-electron chi connectivity index (χ3n) is 5.78. The first-order valence-electron chi connectivity index (χ1n) is 11.1. The number of carbonyl (C=O) groups excluding carboxylic acids is 3. The van der Waals surface area contributed by atoms with E-state index in [-0.39, 0.29) is 30.2 Å². The van der Waals surface area contributed by atoms with Crippen LogP contribution < -0.4 is 4.74 Å². The van der Waals surface area contributed by atoms with E-state index in [1.54, 1.807) is 43.1 Å². The Kier molecular flexibility index (Phi) is 8.08. The van der Waals surface area contributed by atoms with E-state index in [2.05, 4.69) is 5.16 Å². The van der Waals surface area contributed by atoms with Crippen LogP contribution in [-0.4, -0.2) is 66.0 Å². The first-order chi connectivity index (χ1) is 15.8. The van der Waals surface area contributed by atoms with Gasteiger partial charge in [-0.2, -0.15) is 0 Å². The maximum absolute atomic E-state index is 12.8. The van der Waals surface area contributed by atoms with E-state index in [1.165, 1.54) is 4.90 Å². The number of nitrogens with zero attached hydrogens (tertiary/aromatic N) is 3. The van der Waals surface area contributed by atoms with Crippen LogP contribution in [0.2, 0.25) is 0 Å². The standard InChI is InChI=1S/C24H31N3O6/c1-5-31-24(30)19-7-6-12-27(13-19)22(28)14-26(4)23(29)18-8-10-20(11-9-18)32-15-21-16(2)25-33-17(21)3/h8-11,19H,5-7,12-15H2,1-4H3. The number of piperidine rings is 1. The van der Waals surface area contributed by atoms with Crippen LogP contribution in [0.5, 0.6) is 5.75 Å². The fourth-order valence-corrected chi connectivity index (χ4v) is 3.81. The Balaban J connectivity index is 1.52. The molecule has 0 spiro atoms. The second-order valence-corrected chi connectivity index (χ2v) is 8.21. The van der Waals surface area contributed by atoms with Crippen LogP contribution in [0.15, 0.2) is 28.8 Å². The summed E-state index contributed by atoms with van der Waals surface area (Å²) in [5.41, 5.74) is 2.14. The van der Waals surface area contributed by atoms with Crippen LogP contribution in [0.1, 0.15) is 47.1 Å². The number of esters is 1. The van der Waals surface area contributed by atoms with Crippen LogP contribution >= 0.6 is 0 Å². The summed E-state index contributed by atoms with van der Waals surface area (Å²) in [4.78, 5) is 40.5. The zero-order chi connectivity index (χ0) is 24.0. The zero-order valence-corrected chi connectivity index (χ0v) is 19.6. The molecule has 9 heteroatoms. The summed E-state index contributed by atoms with van der Waals surface area (Å²) >= 11 is 0. The lowest BCUT2D eigenvalue weighted by molar-refractivity contribution is -0.151. The molecule has 1 aliphatic rings. The number of hydrogen-bond donors (Lipinski definition) is 0. The highest BCUT2D eigenvalue weighted by molar-refractivity contribution is 5.96. The van der Waals surface area contributed by atoms with Crippen LogP contribution in [0.3, 0.4) is 0 Å². The van der Waals surface area contributed by atoms with Gasteiger partial charge in [0.05, 0.1) is 30.3 Å². The van der Waals surface area contributed by atoms with E-state index >= 15 is 0 Å². The normalized spacial score (nSPS) is 15.8. The summed E-state index contributed by atoms with van der Waals surface area (Å²) in [6, 6.07) is 6.78. The van der Waals surface area contributed by atoms with E-state index in [4.69, 9.17) is 14.0 Å². The number of aromatic nitrogens is 1. The van der Waals surface area contributed by atoms with Gasteiger partial charge in [0.25, 0.3) is 5.91 Å². The van der Waals surface area contributed by atoms with Crippen LogP contribution in [0.25, 0.3) is 0 Å². The summed E-state index contributed by atoms with van der Waals surface area (Å²) in [6.45, 7) is 6.95. The lowest BCUT2D eigenvalue weighted by Gasteiger charge is -2.32. The Morgan fingerprint density at radius 3 is 2.58 bits per heavy atom. The molecule has 1 unspecified atom stereocenters. The van der Waals surface area contributed by atoms with Crippen molar-refractivity contribution in [2.75, 3.05) is 33.3 Å². The molecular formula is C24H31N3O6. The summed E-state index contributed by atoms with van der Waals surface area (Å²) in [6.07, 6.45) is 1.45. The van der Waals surface area contributed by atoms with Crippen LogP contribution in [0, 0.1) is 19.8 Å². The van der Waals surface area contributed by atoms with Gasteiger partial charge in [-0.15, -0.1) is 0 Å². The molecule has 1 saturated heterocycles. The average Bonchev–Trinajstić information content (AvgIpc) is 3.14. The van der Waals surface area contributed by atoms with Crippen molar-refractivity contribution in [3.8, 4) is 5.75 Å². The molecular weight excluding hydrogens is 426 g/mol. The minimum absolute atomic E-state index is 0.0569. The summed E-state index contributed by atoms with van der Waals surface area (Å²) in [7, 11) is 1.59. The second-order valence-electron chi connectivity index (χ2n) is 8.21. The molecule has 3 rings (SSSR count). The molecule has 33 heavy (non-hydrogen) atoms. The van der Waals surface area contributed by atoms with Crippen molar-refractivity contribution >= 4 is 17.8 Å². The topological polar surface area (TPSA) is 102 Å². The van der Waals surface area contributed by atoms with Gasteiger partial charge >= 0.3 is 5.97 Å². The zero-order valence-electron chi connectivity index (χ0n) is 19.6. The van der Waals surface area contributed by atoms with Gasteiger partial charge in [-0.25, -0.2) is 0 Å². The van der Waals surface area contributed by atoms with E-state index in [1.807, 2.05) is 13.8 Å². The molecule has 1 aromatic carbocycles. The Morgan fingerprint density at radius 2 is 1.94 bits per heavy atom. The maximum Gasteiger partial charge on any atom is 0.310 e. The number of benzene rings is 1. The monoisotopic (exact) mass is 457 g/mol. The van der Waals surface area contributed by atoms with E-state index in [0.29, 0.717) is 49.8 Å². The van der Waals surface area contributed by atoms with Gasteiger partial charge in [-0.1, -0.05) is 5.16 Å². The van der Waals surface area contributed by atoms with Gasteiger partial charge in [-0.3, -0.25) is 14.4 Å². The highest BCUT2D eigenvalue weighted by Crippen LogP contribution is 2.20. The van der Waals surface area contributed by atoms with Crippen molar-refractivity contribution in [2.45, 2.75) is 40.2 Å². The number of carbonyl (C=O) groups is 3. The van der Waals surface area contributed by atoms with Gasteiger partial charge in [0, 0.05) is 25.7 Å². The molecule has 0 bridgehead atoms. The van der Waals surface area contributed by atoms with Crippen molar-refractivity contribution in [3.63, 3.8) is 0 Å². The van der Waals surface area contributed by atoms with Gasteiger partial charge < -0.3 is 23.8 Å². The predicted octanol–water partition coefficient (Wildman–Crippen LogP) is 2.74. The molecule has 1 atom stereocenters. The van der Waals surface area contributed by atoms with Crippen LogP contribution in [0.4, 0.5) is 0 Å². The number of rotatable bonds is 8. The average molecular weight is 458 g/mol. The van der Waals surface area contributed by atoms with E-state index in [9.17, 15) is 14.4 Å². The molecule has 2 aromatic rings. The first-order valence-corrected chi connectivity index (χ1v) is 11.1. The van der Waals surface area contributed by atoms with Crippen molar-refractivity contribution in [1.29, 1.82) is 0 Å².